The van der Waals surface area contributed by atoms with E-state index in [0.29, 0.717) is 25.9 Å². The van der Waals surface area contributed by atoms with Crippen LogP contribution in [0.2, 0.25) is 0 Å². The summed E-state index contributed by atoms with van der Waals surface area (Å²) >= 11 is 0. The average Bonchev–Trinajstić information content (AvgIpc) is 3.05. The molecule has 2 amide bonds. The summed E-state index contributed by atoms with van der Waals surface area (Å²) in [7, 11) is 0. The minimum atomic E-state index is -1.01. The molecular formula is C16H27N3O4. The molecule has 2 saturated heterocycles. The van der Waals surface area contributed by atoms with Gasteiger partial charge in [-0.3, -0.25) is 9.59 Å². The molecule has 2 heterocycles. The number of rotatable bonds is 5. The van der Waals surface area contributed by atoms with Gasteiger partial charge in [-0.05, 0) is 38.1 Å². The van der Waals surface area contributed by atoms with Gasteiger partial charge in [0.25, 0.3) is 0 Å². The van der Waals surface area contributed by atoms with Gasteiger partial charge in [0, 0.05) is 19.0 Å². The van der Waals surface area contributed by atoms with Gasteiger partial charge in [-0.25, -0.2) is 4.79 Å². The van der Waals surface area contributed by atoms with Crippen LogP contribution in [0.15, 0.2) is 0 Å². The summed E-state index contributed by atoms with van der Waals surface area (Å²) < 4.78 is 0. The van der Waals surface area contributed by atoms with Crippen LogP contribution in [0.3, 0.4) is 0 Å². The number of likely N-dealkylation sites (tertiary alicyclic amines) is 1. The number of nitrogens with zero attached hydrogens (tertiary/aromatic N) is 1. The molecule has 23 heavy (non-hydrogen) atoms. The van der Waals surface area contributed by atoms with Crippen LogP contribution in [0.5, 0.6) is 0 Å². The van der Waals surface area contributed by atoms with Crippen LogP contribution < -0.4 is 10.6 Å². The first kappa shape index (κ1) is 17.7. The Morgan fingerprint density at radius 2 is 1.83 bits per heavy atom. The summed E-state index contributed by atoms with van der Waals surface area (Å²) in [5, 5.41) is 15.0. The second kappa shape index (κ2) is 7.77. The van der Waals surface area contributed by atoms with E-state index in [4.69, 9.17) is 5.11 Å². The van der Waals surface area contributed by atoms with Gasteiger partial charge in [-0.1, -0.05) is 13.8 Å². The standard InChI is InChI=1S/C16H27N3O4/c1-10(2)13(16(22)23)18-14(20)11-5-8-19(9-6-11)15(21)12-4-3-7-17-12/h10-13,17H,3-9H2,1-2H3,(H,18,20)(H,22,23)/t12-,13-/m0/s1. The van der Waals surface area contributed by atoms with Crippen molar-refractivity contribution in [2.24, 2.45) is 11.8 Å². The fourth-order valence-corrected chi connectivity index (χ4v) is 3.26. The van der Waals surface area contributed by atoms with Crippen molar-refractivity contribution in [3.05, 3.63) is 0 Å². The third-order valence-corrected chi connectivity index (χ3v) is 4.77. The number of aliphatic carboxylic acids is 1. The second-order valence-corrected chi connectivity index (χ2v) is 6.82. The number of carboxylic acids is 1. The maximum absolute atomic E-state index is 12.3. The third-order valence-electron chi connectivity index (χ3n) is 4.77. The molecular weight excluding hydrogens is 298 g/mol. The smallest absolute Gasteiger partial charge is 0.326 e. The topological polar surface area (TPSA) is 98.7 Å². The number of carbonyl (C=O) groups excluding carboxylic acids is 2. The highest BCUT2D eigenvalue weighted by Crippen LogP contribution is 2.20. The molecule has 0 aromatic heterocycles. The van der Waals surface area contributed by atoms with E-state index in [2.05, 4.69) is 10.6 Å². The Bertz CT molecular complexity index is 452. The summed E-state index contributed by atoms with van der Waals surface area (Å²) in [6, 6.07) is -0.928. The van der Waals surface area contributed by atoms with Crippen molar-refractivity contribution < 1.29 is 19.5 Å². The van der Waals surface area contributed by atoms with Gasteiger partial charge in [0.15, 0.2) is 0 Å². The van der Waals surface area contributed by atoms with Gasteiger partial charge < -0.3 is 20.6 Å². The van der Waals surface area contributed by atoms with Gasteiger partial charge >= 0.3 is 5.97 Å². The SMILES string of the molecule is CC(C)[C@H](NC(=O)C1CCN(C(=O)[C@@H]2CCCN2)CC1)C(=O)O. The van der Waals surface area contributed by atoms with E-state index >= 15 is 0 Å². The molecule has 2 aliphatic rings. The van der Waals surface area contributed by atoms with Gasteiger partial charge in [0.1, 0.15) is 6.04 Å². The van der Waals surface area contributed by atoms with E-state index in [1.54, 1.807) is 13.8 Å². The molecule has 0 unspecified atom stereocenters. The average molecular weight is 325 g/mol. The van der Waals surface area contributed by atoms with Gasteiger partial charge in [0.2, 0.25) is 11.8 Å². The Hall–Kier alpha value is -1.63. The molecule has 7 heteroatoms. The molecule has 2 atom stereocenters. The summed E-state index contributed by atoms with van der Waals surface area (Å²) in [5.74, 6) is -1.46. The minimum Gasteiger partial charge on any atom is -0.480 e. The highest BCUT2D eigenvalue weighted by atomic mass is 16.4. The molecule has 3 N–H and O–H groups in total. The number of piperidine rings is 1. The summed E-state index contributed by atoms with van der Waals surface area (Å²) in [5.41, 5.74) is 0. The molecule has 7 nitrogen and oxygen atoms in total. The molecule has 0 saturated carbocycles. The van der Waals surface area contributed by atoms with Crippen molar-refractivity contribution in [1.82, 2.24) is 15.5 Å². The van der Waals surface area contributed by atoms with E-state index in [1.807, 2.05) is 4.90 Å². The lowest BCUT2D eigenvalue weighted by atomic mass is 9.94. The van der Waals surface area contributed by atoms with Crippen LogP contribution >= 0.6 is 0 Å². The number of hydrogen-bond donors (Lipinski definition) is 3. The van der Waals surface area contributed by atoms with Crippen molar-refractivity contribution in [1.29, 1.82) is 0 Å². The number of hydrogen-bond acceptors (Lipinski definition) is 4. The molecule has 0 spiro atoms. The first-order valence-electron chi connectivity index (χ1n) is 8.45. The molecule has 2 fully saturated rings. The van der Waals surface area contributed by atoms with Crippen LogP contribution in [0.25, 0.3) is 0 Å². The van der Waals surface area contributed by atoms with E-state index < -0.39 is 12.0 Å². The van der Waals surface area contributed by atoms with Crippen molar-refractivity contribution >= 4 is 17.8 Å². The highest BCUT2D eigenvalue weighted by Gasteiger charge is 2.33. The van der Waals surface area contributed by atoms with Crippen molar-refractivity contribution in [2.45, 2.75) is 51.6 Å². The van der Waals surface area contributed by atoms with E-state index in [-0.39, 0.29) is 29.7 Å². The Balaban J connectivity index is 1.82. The van der Waals surface area contributed by atoms with Gasteiger partial charge in [-0.2, -0.15) is 0 Å². The van der Waals surface area contributed by atoms with E-state index in [1.165, 1.54) is 0 Å². The zero-order valence-electron chi connectivity index (χ0n) is 13.9. The van der Waals surface area contributed by atoms with Crippen LogP contribution in [0, 0.1) is 11.8 Å². The molecule has 2 aliphatic heterocycles. The maximum Gasteiger partial charge on any atom is 0.326 e. The predicted molar refractivity (Wildman–Crippen MR) is 84.7 cm³/mol. The Kier molecular flexibility index (Phi) is 5.98. The lowest BCUT2D eigenvalue weighted by molar-refractivity contribution is -0.144. The number of carbonyl (C=O) groups is 3. The second-order valence-electron chi connectivity index (χ2n) is 6.82. The Labute approximate surface area is 136 Å². The quantitative estimate of drug-likeness (QED) is 0.671. The van der Waals surface area contributed by atoms with Crippen molar-refractivity contribution in [3.63, 3.8) is 0 Å². The highest BCUT2D eigenvalue weighted by molar-refractivity contribution is 5.86. The number of nitrogens with one attached hydrogen (secondary N) is 2. The van der Waals surface area contributed by atoms with Crippen LogP contribution in [0.1, 0.15) is 39.5 Å². The van der Waals surface area contributed by atoms with E-state index in [9.17, 15) is 14.4 Å². The summed E-state index contributed by atoms with van der Waals surface area (Å²) in [4.78, 5) is 37.6. The zero-order valence-corrected chi connectivity index (χ0v) is 13.9. The first-order valence-corrected chi connectivity index (χ1v) is 8.45. The maximum atomic E-state index is 12.3. The largest absolute Gasteiger partial charge is 0.480 e. The molecule has 0 aliphatic carbocycles. The van der Waals surface area contributed by atoms with Crippen LogP contribution in [-0.2, 0) is 14.4 Å². The number of amides is 2. The van der Waals surface area contributed by atoms with Crippen LogP contribution in [0.4, 0.5) is 0 Å². The lowest BCUT2D eigenvalue weighted by Crippen LogP contribution is -2.51. The fourth-order valence-electron chi connectivity index (χ4n) is 3.26. The third kappa shape index (κ3) is 4.43. The van der Waals surface area contributed by atoms with Gasteiger partial charge in [0.05, 0.1) is 6.04 Å². The lowest BCUT2D eigenvalue weighted by Gasteiger charge is -2.33. The summed E-state index contributed by atoms with van der Waals surface area (Å²) in [6.07, 6.45) is 3.10. The fraction of sp³-hybridized carbons (Fsp3) is 0.812. The normalized spacial score (nSPS) is 23.8. The van der Waals surface area contributed by atoms with Gasteiger partial charge in [-0.15, -0.1) is 0 Å². The monoisotopic (exact) mass is 325 g/mol. The molecule has 0 bridgehead atoms. The molecule has 0 radical (unpaired) electrons. The first-order chi connectivity index (χ1) is 10.9. The van der Waals surface area contributed by atoms with E-state index in [0.717, 1.165) is 19.4 Å². The van der Waals surface area contributed by atoms with Crippen molar-refractivity contribution in [3.8, 4) is 0 Å². The molecule has 2 rings (SSSR count). The number of carboxylic acid groups (broad SMARTS) is 1. The zero-order chi connectivity index (χ0) is 17.0. The summed E-state index contributed by atoms with van der Waals surface area (Å²) in [6.45, 7) is 5.56. The predicted octanol–water partition coefficient (Wildman–Crippen LogP) is 0.202. The van der Waals surface area contributed by atoms with Crippen LogP contribution in [-0.4, -0.2) is 59.5 Å². The van der Waals surface area contributed by atoms with Crippen molar-refractivity contribution in [2.75, 3.05) is 19.6 Å². The molecule has 130 valence electrons. The molecule has 0 aromatic carbocycles. The Morgan fingerprint density at radius 1 is 1.17 bits per heavy atom. The molecule has 0 aromatic rings. The Morgan fingerprint density at radius 3 is 2.30 bits per heavy atom. The minimum absolute atomic E-state index is 0.0716.